The van der Waals surface area contributed by atoms with Crippen LogP contribution >= 0.6 is 0 Å². The molecule has 0 saturated heterocycles. The van der Waals surface area contributed by atoms with Gasteiger partial charge in [0.2, 0.25) is 0 Å². The van der Waals surface area contributed by atoms with Crippen LogP contribution in [0.3, 0.4) is 0 Å². The van der Waals surface area contributed by atoms with Gasteiger partial charge in [0.1, 0.15) is 0 Å². The predicted octanol–water partition coefficient (Wildman–Crippen LogP) is 1.79. The van der Waals surface area contributed by atoms with E-state index in [1.165, 1.54) is 12.8 Å². The van der Waals surface area contributed by atoms with E-state index in [9.17, 15) is 0 Å². The summed E-state index contributed by atoms with van der Waals surface area (Å²) in [6.45, 7) is 6.89. The van der Waals surface area contributed by atoms with E-state index in [2.05, 4.69) is 13.8 Å². The zero-order chi connectivity index (χ0) is 8.53. The van der Waals surface area contributed by atoms with Crippen LogP contribution in [-0.2, 0) is 4.74 Å². The van der Waals surface area contributed by atoms with Crippen LogP contribution in [0, 0.1) is 5.92 Å². The van der Waals surface area contributed by atoms with Gasteiger partial charge in [0.05, 0.1) is 0 Å². The Morgan fingerprint density at radius 3 is 2.64 bits per heavy atom. The maximum atomic E-state index is 5.46. The van der Waals surface area contributed by atoms with Crippen molar-refractivity contribution in [3.05, 3.63) is 0 Å². The fourth-order valence-corrected chi connectivity index (χ4v) is 0.751. The van der Waals surface area contributed by atoms with Gasteiger partial charge in [-0.1, -0.05) is 20.3 Å². The summed E-state index contributed by atoms with van der Waals surface area (Å²) in [7, 11) is 0. The van der Waals surface area contributed by atoms with Crippen LogP contribution < -0.4 is 5.73 Å². The molecule has 2 N–H and O–H groups in total. The summed E-state index contributed by atoms with van der Waals surface area (Å²) >= 11 is 0. The molecule has 68 valence electrons. The molecular weight excluding hydrogens is 138 g/mol. The van der Waals surface area contributed by atoms with Crippen molar-refractivity contribution in [3.63, 3.8) is 0 Å². The number of ether oxygens (including phenoxy) is 1. The van der Waals surface area contributed by atoms with E-state index in [0.717, 1.165) is 26.2 Å². The van der Waals surface area contributed by atoms with Gasteiger partial charge in [-0.3, -0.25) is 0 Å². The highest BCUT2D eigenvalue weighted by Gasteiger charge is 1.97. The van der Waals surface area contributed by atoms with Crippen LogP contribution in [0.15, 0.2) is 0 Å². The average molecular weight is 159 g/mol. The van der Waals surface area contributed by atoms with Crippen LogP contribution in [0.2, 0.25) is 0 Å². The van der Waals surface area contributed by atoms with Gasteiger partial charge < -0.3 is 10.5 Å². The van der Waals surface area contributed by atoms with Crippen molar-refractivity contribution in [2.24, 2.45) is 11.7 Å². The van der Waals surface area contributed by atoms with Crippen molar-refractivity contribution in [1.29, 1.82) is 0 Å². The van der Waals surface area contributed by atoms with Gasteiger partial charge in [-0.15, -0.1) is 0 Å². The Kier molecular flexibility index (Phi) is 7.96. The van der Waals surface area contributed by atoms with E-state index in [1.54, 1.807) is 0 Å². The Balaban J connectivity index is 2.89. The number of rotatable bonds is 7. The monoisotopic (exact) mass is 159 g/mol. The smallest absolute Gasteiger partial charge is 0.0469 e. The quantitative estimate of drug-likeness (QED) is 0.575. The summed E-state index contributed by atoms with van der Waals surface area (Å²) in [4.78, 5) is 0. The molecule has 0 aliphatic carbocycles. The third kappa shape index (κ3) is 7.82. The van der Waals surface area contributed by atoms with Crippen molar-refractivity contribution < 1.29 is 4.74 Å². The molecule has 1 unspecified atom stereocenters. The first kappa shape index (κ1) is 10.9. The molecule has 0 fully saturated rings. The first-order valence-corrected chi connectivity index (χ1v) is 4.59. The van der Waals surface area contributed by atoms with Crippen molar-refractivity contribution in [3.8, 4) is 0 Å². The second kappa shape index (κ2) is 8.02. The number of hydrogen-bond acceptors (Lipinski definition) is 2. The highest BCUT2D eigenvalue weighted by Crippen LogP contribution is 1.99. The third-order valence-corrected chi connectivity index (χ3v) is 1.80. The number of unbranched alkanes of at least 4 members (excludes halogenated alkanes) is 1. The normalized spacial score (nSPS) is 13.4. The molecule has 2 heteroatoms. The van der Waals surface area contributed by atoms with Crippen LogP contribution in [0.5, 0.6) is 0 Å². The molecule has 0 bridgehead atoms. The molecule has 2 nitrogen and oxygen atoms in total. The highest BCUT2D eigenvalue weighted by molar-refractivity contribution is 4.51. The highest BCUT2D eigenvalue weighted by atomic mass is 16.5. The zero-order valence-corrected chi connectivity index (χ0v) is 7.81. The molecule has 1 atom stereocenters. The molecule has 0 saturated carbocycles. The fourth-order valence-electron chi connectivity index (χ4n) is 0.751. The van der Waals surface area contributed by atoms with Gasteiger partial charge in [-0.05, 0) is 25.3 Å². The average Bonchev–Trinajstić information content (AvgIpc) is 2.04. The van der Waals surface area contributed by atoms with Crippen molar-refractivity contribution in [2.75, 3.05) is 19.8 Å². The summed E-state index contributed by atoms with van der Waals surface area (Å²) in [5, 5.41) is 0. The minimum Gasteiger partial charge on any atom is -0.381 e. The van der Waals surface area contributed by atoms with Gasteiger partial charge in [-0.2, -0.15) is 0 Å². The van der Waals surface area contributed by atoms with Crippen LogP contribution in [-0.4, -0.2) is 19.8 Å². The van der Waals surface area contributed by atoms with Gasteiger partial charge in [0.15, 0.2) is 0 Å². The molecule has 11 heavy (non-hydrogen) atoms. The zero-order valence-electron chi connectivity index (χ0n) is 7.81. The minimum atomic E-state index is 0.608. The fraction of sp³-hybridized carbons (Fsp3) is 1.00. The first-order chi connectivity index (χ1) is 5.31. The molecular formula is C9H21NO. The van der Waals surface area contributed by atoms with E-state index in [-0.39, 0.29) is 0 Å². The second-order valence-electron chi connectivity index (χ2n) is 3.10. The molecule has 0 rings (SSSR count). The topological polar surface area (TPSA) is 35.2 Å². The lowest BCUT2D eigenvalue weighted by atomic mass is 10.1. The van der Waals surface area contributed by atoms with Gasteiger partial charge in [-0.25, -0.2) is 0 Å². The van der Waals surface area contributed by atoms with E-state index >= 15 is 0 Å². The predicted molar refractivity (Wildman–Crippen MR) is 48.6 cm³/mol. The third-order valence-electron chi connectivity index (χ3n) is 1.80. The summed E-state index contributed by atoms with van der Waals surface area (Å²) in [6, 6.07) is 0. The Bertz CT molecular complexity index is 76.0. The van der Waals surface area contributed by atoms with E-state index in [0.29, 0.717) is 5.92 Å². The summed E-state index contributed by atoms with van der Waals surface area (Å²) in [6.07, 6.45) is 3.49. The molecule has 0 heterocycles. The van der Waals surface area contributed by atoms with Gasteiger partial charge in [0.25, 0.3) is 0 Å². The van der Waals surface area contributed by atoms with Crippen molar-refractivity contribution in [1.82, 2.24) is 0 Å². The summed E-state index contributed by atoms with van der Waals surface area (Å²) in [5.41, 5.74) is 5.46. The summed E-state index contributed by atoms with van der Waals surface area (Å²) < 4.78 is 5.39. The van der Waals surface area contributed by atoms with Gasteiger partial charge >= 0.3 is 0 Å². The molecule has 0 aliphatic rings. The van der Waals surface area contributed by atoms with Crippen LogP contribution in [0.1, 0.15) is 33.1 Å². The lowest BCUT2D eigenvalue weighted by Gasteiger charge is -2.07. The molecule has 0 amide bonds. The maximum Gasteiger partial charge on any atom is 0.0469 e. The van der Waals surface area contributed by atoms with Crippen LogP contribution in [0.4, 0.5) is 0 Å². The van der Waals surface area contributed by atoms with E-state index in [4.69, 9.17) is 10.5 Å². The Morgan fingerprint density at radius 1 is 1.36 bits per heavy atom. The molecule has 0 spiro atoms. The largest absolute Gasteiger partial charge is 0.381 e. The Morgan fingerprint density at radius 2 is 2.09 bits per heavy atom. The Labute approximate surface area is 70.1 Å². The lowest BCUT2D eigenvalue weighted by Crippen LogP contribution is -2.13. The van der Waals surface area contributed by atoms with E-state index < -0.39 is 0 Å². The van der Waals surface area contributed by atoms with Crippen molar-refractivity contribution in [2.45, 2.75) is 33.1 Å². The molecule has 0 aromatic heterocycles. The first-order valence-electron chi connectivity index (χ1n) is 4.59. The number of nitrogens with two attached hydrogens (primary N) is 1. The SMILES string of the molecule is CCCCOCCC(C)CN. The van der Waals surface area contributed by atoms with Crippen LogP contribution in [0.25, 0.3) is 0 Å². The summed E-state index contributed by atoms with van der Waals surface area (Å²) in [5.74, 6) is 0.608. The van der Waals surface area contributed by atoms with E-state index in [1.807, 2.05) is 0 Å². The van der Waals surface area contributed by atoms with Crippen molar-refractivity contribution >= 4 is 0 Å². The number of hydrogen-bond donors (Lipinski definition) is 1. The van der Waals surface area contributed by atoms with Gasteiger partial charge in [0, 0.05) is 13.2 Å². The molecule has 0 aliphatic heterocycles. The Hall–Kier alpha value is -0.0800. The molecule has 0 radical (unpaired) electrons. The molecule has 0 aromatic rings. The molecule has 0 aromatic carbocycles. The second-order valence-corrected chi connectivity index (χ2v) is 3.10. The maximum absolute atomic E-state index is 5.46. The lowest BCUT2D eigenvalue weighted by molar-refractivity contribution is 0.120. The standard InChI is InChI=1S/C9H21NO/c1-3-4-6-11-7-5-9(2)8-10/h9H,3-8,10H2,1-2H3. The minimum absolute atomic E-state index is 0.608.